The first-order valence-corrected chi connectivity index (χ1v) is 29.7. The summed E-state index contributed by atoms with van der Waals surface area (Å²) in [5, 5.41) is 9.78. The predicted octanol–water partition coefficient (Wildman–Crippen LogP) is 16.3. The molecule has 0 saturated heterocycles. The fourth-order valence-electron chi connectivity index (χ4n) is 8.04. The van der Waals surface area contributed by atoms with Crippen molar-refractivity contribution in [2.45, 2.75) is 290 Å². The summed E-state index contributed by atoms with van der Waals surface area (Å²) in [5.74, 6) is -1.46. The molecule has 0 aromatic rings. The molecule has 0 aromatic heterocycles. The second kappa shape index (κ2) is 51.3. The van der Waals surface area contributed by atoms with Crippen molar-refractivity contribution in [1.29, 1.82) is 0 Å². The minimum atomic E-state index is -4.74. The highest BCUT2D eigenvalue weighted by atomic mass is 31.2. The first-order valence-electron chi connectivity index (χ1n) is 28.2. The second-order valence-electron chi connectivity index (χ2n) is 19.1. The van der Waals surface area contributed by atoms with Crippen molar-refractivity contribution in [1.82, 2.24) is 0 Å². The number of phosphoric ester groups is 1. The lowest BCUT2D eigenvalue weighted by Crippen LogP contribution is -2.30. The summed E-state index contributed by atoms with van der Waals surface area (Å²) >= 11 is 0. The predicted molar refractivity (Wildman–Crippen MR) is 280 cm³/mol. The maximum absolute atomic E-state index is 12.9. The summed E-state index contributed by atoms with van der Waals surface area (Å²) in [6.07, 6.45) is 50.1. The van der Waals surface area contributed by atoms with E-state index in [4.69, 9.17) is 23.3 Å². The number of ether oxygens (including phenoxy) is 3. The molecule has 0 amide bonds. The molecule has 0 fully saturated rings. The number of aliphatic hydroxyl groups excluding tert-OH is 1. The van der Waals surface area contributed by atoms with Gasteiger partial charge in [0.15, 0.2) is 6.10 Å². The van der Waals surface area contributed by atoms with E-state index in [1.54, 1.807) is 0 Å². The van der Waals surface area contributed by atoms with Gasteiger partial charge in [0.2, 0.25) is 0 Å². The van der Waals surface area contributed by atoms with Gasteiger partial charge in [-0.1, -0.05) is 238 Å². The molecule has 0 rings (SSSR count). The maximum atomic E-state index is 12.9. The molecular formula is C56H105O11P. The SMILES string of the molecule is CCC/C=C\C/C=C\CCCCCCCC(=O)OC(CO)COP(=O)(O)OCC(COC(=O)CCCCCCCCCCC)OC(=O)CCCCCCCCCCCCCCCCCCCCC. The standard InChI is InChI=1S/C56H105O11P/c1-4-7-10-13-16-19-21-23-24-25-26-27-28-30-32-35-38-41-44-47-56(60)67-53(49-63-54(58)45-42-39-36-33-18-15-12-9-6-3)51-65-68(61,62)64-50-52(48-57)66-55(59)46-43-40-37-34-31-29-22-20-17-14-11-8-5-2/h11,14,20,22,52-53,57H,4-10,12-13,15-19,21,23-51H2,1-3H3,(H,61,62)/b14-11-,22-20-. The van der Waals surface area contributed by atoms with E-state index < -0.39 is 57.8 Å². The highest BCUT2D eigenvalue weighted by Gasteiger charge is 2.28. The monoisotopic (exact) mass is 985 g/mol. The van der Waals surface area contributed by atoms with E-state index in [0.29, 0.717) is 19.3 Å². The Bertz CT molecular complexity index is 1240. The van der Waals surface area contributed by atoms with Gasteiger partial charge in [-0.3, -0.25) is 23.4 Å². The molecule has 3 unspecified atom stereocenters. The van der Waals surface area contributed by atoms with Gasteiger partial charge in [-0.2, -0.15) is 0 Å². The lowest BCUT2D eigenvalue weighted by molar-refractivity contribution is -0.161. The smallest absolute Gasteiger partial charge is 0.462 e. The van der Waals surface area contributed by atoms with Crippen LogP contribution in [-0.2, 0) is 42.2 Å². The van der Waals surface area contributed by atoms with Crippen molar-refractivity contribution in [3.63, 3.8) is 0 Å². The molecule has 400 valence electrons. The second-order valence-corrected chi connectivity index (χ2v) is 20.6. The van der Waals surface area contributed by atoms with Crippen molar-refractivity contribution in [3.8, 4) is 0 Å². The first kappa shape index (κ1) is 66.0. The van der Waals surface area contributed by atoms with E-state index in [9.17, 15) is 28.9 Å². The topological polar surface area (TPSA) is 155 Å². The van der Waals surface area contributed by atoms with Gasteiger partial charge in [-0.05, 0) is 44.9 Å². The van der Waals surface area contributed by atoms with Crippen LogP contribution in [0.25, 0.3) is 0 Å². The summed E-state index contributed by atoms with van der Waals surface area (Å²) < 4.78 is 39.4. The van der Waals surface area contributed by atoms with Gasteiger partial charge in [0.05, 0.1) is 19.8 Å². The molecule has 0 radical (unpaired) electrons. The summed E-state index contributed by atoms with van der Waals surface area (Å²) in [4.78, 5) is 48.3. The molecule has 0 aliphatic carbocycles. The minimum Gasteiger partial charge on any atom is -0.462 e. The molecule has 3 atom stereocenters. The Morgan fingerprint density at radius 2 is 0.750 bits per heavy atom. The molecule has 0 spiro atoms. The van der Waals surface area contributed by atoms with E-state index in [1.807, 2.05) is 0 Å². The molecular weight excluding hydrogens is 880 g/mol. The summed E-state index contributed by atoms with van der Waals surface area (Å²) in [6.45, 7) is 4.58. The van der Waals surface area contributed by atoms with Crippen LogP contribution in [-0.4, -0.2) is 66.5 Å². The van der Waals surface area contributed by atoms with Crippen molar-refractivity contribution in [2.24, 2.45) is 0 Å². The van der Waals surface area contributed by atoms with Crippen LogP contribution in [0.4, 0.5) is 0 Å². The lowest BCUT2D eigenvalue weighted by Gasteiger charge is -2.21. The Morgan fingerprint density at radius 3 is 1.15 bits per heavy atom. The molecule has 68 heavy (non-hydrogen) atoms. The maximum Gasteiger partial charge on any atom is 0.472 e. The number of hydrogen-bond acceptors (Lipinski definition) is 10. The van der Waals surface area contributed by atoms with E-state index in [2.05, 4.69) is 45.1 Å². The van der Waals surface area contributed by atoms with Gasteiger partial charge in [-0.25, -0.2) is 4.57 Å². The largest absolute Gasteiger partial charge is 0.472 e. The third kappa shape index (κ3) is 49.0. The Morgan fingerprint density at radius 1 is 0.412 bits per heavy atom. The average molecular weight is 985 g/mol. The van der Waals surface area contributed by atoms with Gasteiger partial charge >= 0.3 is 25.7 Å². The number of rotatable bonds is 53. The van der Waals surface area contributed by atoms with Crippen molar-refractivity contribution in [2.75, 3.05) is 26.4 Å². The molecule has 0 aliphatic rings. The highest BCUT2D eigenvalue weighted by molar-refractivity contribution is 7.47. The van der Waals surface area contributed by atoms with Crippen LogP contribution < -0.4 is 0 Å². The molecule has 0 aromatic carbocycles. The number of unbranched alkanes of at least 4 members (excludes halogenated alkanes) is 32. The normalized spacial score (nSPS) is 13.5. The van der Waals surface area contributed by atoms with Crippen LogP contribution in [0.15, 0.2) is 24.3 Å². The lowest BCUT2D eigenvalue weighted by atomic mass is 10.0. The number of aliphatic hydroxyl groups is 1. The zero-order valence-electron chi connectivity index (χ0n) is 44.1. The van der Waals surface area contributed by atoms with E-state index in [-0.39, 0.29) is 25.9 Å². The van der Waals surface area contributed by atoms with E-state index in [0.717, 1.165) is 83.5 Å². The molecule has 0 saturated carbocycles. The zero-order chi connectivity index (χ0) is 49.9. The first-order chi connectivity index (χ1) is 33.2. The number of allylic oxidation sites excluding steroid dienone is 4. The Hall–Kier alpha value is -2.04. The Kier molecular flexibility index (Phi) is 49.8. The number of phosphoric acid groups is 1. The van der Waals surface area contributed by atoms with E-state index >= 15 is 0 Å². The highest BCUT2D eigenvalue weighted by Crippen LogP contribution is 2.43. The van der Waals surface area contributed by atoms with Crippen LogP contribution in [0.1, 0.15) is 278 Å². The van der Waals surface area contributed by atoms with E-state index in [1.165, 1.54) is 135 Å². The summed E-state index contributed by atoms with van der Waals surface area (Å²) in [6, 6.07) is 0. The third-order valence-electron chi connectivity index (χ3n) is 12.4. The van der Waals surface area contributed by atoms with Gasteiger partial charge in [0, 0.05) is 19.3 Å². The molecule has 11 nitrogen and oxygen atoms in total. The van der Waals surface area contributed by atoms with Gasteiger partial charge in [-0.15, -0.1) is 0 Å². The summed E-state index contributed by atoms with van der Waals surface area (Å²) in [7, 11) is -4.74. The molecule has 0 heterocycles. The van der Waals surface area contributed by atoms with Gasteiger partial charge < -0.3 is 24.2 Å². The summed E-state index contributed by atoms with van der Waals surface area (Å²) in [5.41, 5.74) is 0. The minimum absolute atomic E-state index is 0.165. The van der Waals surface area contributed by atoms with Crippen molar-refractivity contribution in [3.05, 3.63) is 24.3 Å². The number of carbonyl (C=O) groups is 3. The Labute approximate surface area is 417 Å². The molecule has 12 heteroatoms. The molecule has 0 aliphatic heterocycles. The third-order valence-corrected chi connectivity index (χ3v) is 13.3. The number of hydrogen-bond donors (Lipinski definition) is 2. The fourth-order valence-corrected chi connectivity index (χ4v) is 8.83. The number of esters is 3. The zero-order valence-corrected chi connectivity index (χ0v) is 45.0. The van der Waals surface area contributed by atoms with Crippen LogP contribution in [0.2, 0.25) is 0 Å². The van der Waals surface area contributed by atoms with Crippen LogP contribution in [0.5, 0.6) is 0 Å². The van der Waals surface area contributed by atoms with Gasteiger partial charge in [0.25, 0.3) is 0 Å². The van der Waals surface area contributed by atoms with Crippen LogP contribution >= 0.6 is 7.82 Å². The van der Waals surface area contributed by atoms with Gasteiger partial charge in [0.1, 0.15) is 12.7 Å². The van der Waals surface area contributed by atoms with Crippen molar-refractivity contribution < 1.29 is 52.2 Å². The Balaban J connectivity index is 4.61. The molecule has 0 bridgehead atoms. The quantitative estimate of drug-likeness (QED) is 0.0197. The average Bonchev–Trinajstić information content (AvgIpc) is 3.32. The molecule has 2 N–H and O–H groups in total. The van der Waals surface area contributed by atoms with Crippen LogP contribution in [0, 0.1) is 0 Å². The van der Waals surface area contributed by atoms with Crippen molar-refractivity contribution >= 4 is 25.7 Å². The fraction of sp³-hybridized carbons (Fsp3) is 0.875. The van der Waals surface area contributed by atoms with Crippen LogP contribution in [0.3, 0.4) is 0 Å². The number of carbonyl (C=O) groups excluding carboxylic acids is 3.